The number of benzene rings is 6. The average Bonchev–Trinajstić information content (AvgIpc) is 3.31. The molecule has 0 saturated heterocycles. The molecule has 0 radical (unpaired) electrons. The first-order chi connectivity index (χ1) is 31.2. The minimum Gasteiger partial charge on any atom is -0.490 e. The maximum absolute atomic E-state index is 12.4. The highest BCUT2D eigenvalue weighted by molar-refractivity contribution is 6.01. The van der Waals surface area contributed by atoms with E-state index in [0.717, 1.165) is 71.1 Å². The van der Waals surface area contributed by atoms with E-state index in [-0.39, 0.29) is 29.5 Å². The Morgan fingerprint density at radius 1 is 0.469 bits per heavy atom. The van der Waals surface area contributed by atoms with Crippen LogP contribution in [0.15, 0.2) is 146 Å². The number of rotatable bonds is 15. The molecule has 2 amide bonds. The summed E-state index contributed by atoms with van der Waals surface area (Å²) in [4.78, 5) is 36.0. The summed E-state index contributed by atoms with van der Waals surface area (Å²) in [6.07, 6.45) is 13.2. The number of para-hydroxylation sites is 2. The number of hydrogen-bond acceptors (Lipinski definition) is 7. The van der Waals surface area contributed by atoms with Gasteiger partial charge < -0.3 is 34.7 Å². The third-order valence-electron chi connectivity index (χ3n) is 11.3. The van der Waals surface area contributed by atoms with Gasteiger partial charge in [-0.05, 0) is 166 Å². The summed E-state index contributed by atoms with van der Waals surface area (Å²) in [6.45, 7) is 1.98. The maximum Gasteiger partial charge on any atom is 0.337 e. The van der Waals surface area contributed by atoms with E-state index in [1.54, 1.807) is 30.3 Å². The van der Waals surface area contributed by atoms with E-state index in [0.29, 0.717) is 30.1 Å². The zero-order chi connectivity index (χ0) is 44.5. The van der Waals surface area contributed by atoms with Crippen LogP contribution in [-0.2, 0) is 22.4 Å². The van der Waals surface area contributed by atoms with Crippen LogP contribution >= 0.6 is 0 Å². The van der Waals surface area contributed by atoms with Gasteiger partial charge in [0.2, 0.25) is 11.8 Å². The van der Waals surface area contributed by atoms with Gasteiger partial charge in [-0.3, -0.25) is 9.59 Å². The normalized spacial score (nSPS) is 14.0. The predicted molar refractivity (Wildman–Crippen MR) is 250 cm³/mol. The number of amides is 2. The molecule has 0 aromatic heterocycles. The lowest BCUT2D eigenvalue weighted by Crippen LogP contribution is -2.19. The number of nitrogens with one attached hydrogen (secondary N) is 2. The van der Waals surface area contributed by atoms with E-state index in [1.807, 2.05) is 116 Å². The van der Waals surface area contributed by atoms with Crippen molar-refractivity contribution in [3.05, 3.63) is 168 Å². The van der Waals surface area contributed by atoms with Gasteiger partial charge in [0.25, 0.3) is 0 Å². The molecule has 330 valence electrons. The summed E-state index contributed by atoms with van der Waals surface area (Å²) in [7, 11) is 0. The molecule has 0 bridgehead atoms. The van der Waals surface area contributed by atoms with E-state index >= 15 is 0 Å². The van der Waals surface area contributed by atoms with Crippen molar-refractivity contribution in [2.75, 3.05) is 10.6 Å². The Bertz CT molecular complexity index is 2420. The minimum absolute atomic E-state index is 0.0310. The highest BCUT2D eigenvalue weighted by Crippen LogP contribution is 2.29. The smallest absolute Gasteiger partial charge is 0.337 e. The van der Waals surface area contributed by atoms with Gasteiger partial charge in [-0.15, -0.1) is 0 Å². The van der Waals surface area contributed by atoms with E-state index in [1.165, 1.54) is 44.6 Å². The Hall–Kier alpha value is -7.07. The predicted octanol–water partition coefficient (Wildman–Crippen LogP) is 12.7. The summed E-state index contributed by atoms with van der Waals surface area (Å²) < 4.78 is 24.0. The maximum atomic E-state index is 12.4. The van der Waals surface area contributed by atoms with E-state index in [9.17, 15) is 19.5 Å². The molecular weight excluding hydrogens is 805 g/mol. The van der Waals surface area contributed by atoms with Gasteiger partial charge in [-0.1, -0.05) is 67.4 Å². The number of hydrogen-bond donors (Lipinski definition) is 3. The fraction of sp³-hybridized carbons (Fsp3) is 0.278. The molecule has 0 unspecified atom stereocenters. The first kappa shape index (κ1) is 45.0. The van der Waals surface area contributed by atoms with Crippen molar-refractivity contribution < 1.29 is 38.4 Å². The third kappa shape index (κ3) is 14.0. The van der Waals surface area contributed by atoms with Crippen LogP contribution in [0.1, 0.15) is 91.3 Å². The Labute approximate surface area is 375 Å². The van der Waals surface area contributed by atoms with Crippen molar-refractivity contribution in [3.63, 3.8) is 0 Å². The van der Waals surface area contributed by atoms with Gasteiger partial charge in [0, 0.05) is 5.69 Å². The summed E-state index contributed by atoms with van der Waals surface area (Å²) in [5.74, 6) is 3.24. The zero-order valence-electron chi connectivity index (χ0n) is 36.3. The molecule has 2 saturated carbocycles. The highest BCUT2D eigenvalue weighted by atomic mass is 16.5. The number of carbonyl (C=O) groups is 3. The van der Waals surface area contributed by atoms with Gasteiger partial charge in [0.1, 0.15) is 34.5 Å². The van der Waals surface area contributed by atoms with Gasteiger partial charge in [0.05, 0.1) is 36.3 Å². The molecule has 2 aliphatic carbocycles. The van der Waals surface area contributed by atoms with Crippen LogP contribution in [0.4, 0.5) is 11.4 Å². The largest absolute Gasteiger partial charge is 0.490 e. The topological polar surface area (TPSA) is 132 Å². The second-order valence-corrected chi connectivity index (χ2v) is 16.3. The van der Waals surface area contributed by atoms with Gasteiger partial charge >= 0.3 is 5.97 Å². The van der Waals surface area contributed by atoms with E-state index in [4.69, 9.17) is 18.9 Å². The van der Waals surface area contributed by atoms with Crippen molar-refractivity contribution >= 4 is 29.2 Å². The molecule has 2 aliphatic rings. The number of carbonyl (C=O) groups excluding carboxylic acids is 2. The molecule has 6 aromatic carbocycles. The number of aryl methyl sites for hydroxylation is 1. The zero-order valence-corrected chi connectivity index (χ0v) is 36.3. The van der Waals surface area contributed by atoms with Crippen molar-refractivity contribution in [3.8, 4) is 34.5 Å². The van der Waals surface area contributed by atoms with Gasteiger partial charge in [0.15, 0.2) is 0 Å². The number of aromatic carboxylic acids is 1. The summed E-state index contributed by atoms with van der Waals surface area (Å²) in [6, 6.07) is 44.4. The van der Waals surface area contributed by atoms with Gasteiger partial charge in [-0.2, -0.15) is 0 Å². The molecule has 8 rings (SSSR count). The van der Waals surface area contributed by atoms with Crippen molar-refractivity contribution in [2.45, 2.75) is 96.2 Å². The van der Waals surface area contributed by atoms with Crippen LogP contribution in [0.25, 0.3) is 0 Å². The lowest BCUT2D eigenvalue weighted by Gasteiger charge is -2.23. The summed E-state index contributed by atoms with van der Waals surface area (Å²) >= 11 is 0. The fourth-order valence-electron chi connectivity index (χ4n) is 7.80. The van der Waals surface area contributed by atoms with Crippen molar-refractivity contribution in [1.29, 1.82) is 0 Å². The van der Waals surface area contributed by atoms with Crippen LogP contribution in [0.2, 0.25) is 0 Å². The van der Waals surface area contributed by atoms with Crippen LogP contribution < -0.4 is 29.6 Å². The third-order valence-corrected chi connectivity index (χ3v) is 11.3. The second kappa shape index (κ2) is 22.9. The minimum atomic E-state index is -1.08. The lowest BCUT2D eigenvalue weighted by atomic mass is 9.98. The number of ether oxygens (including phenoxy) is 4. The highest BCUT2D eigenvalue weighted by Gasteiger charge is 2.17. The molecule has 0 heterocycles. The fourth-order valence-corrected chi connectivity index (χ4v) is 7.80. The second-order valence-electron chi connectivity index (χ2n) is 16.3. The van der Waals surface area contributed by atoms with Crippen LogP contribution in [-0.4, -0.2) is 35.1 Å². The lowest BCUT2D eigenvalue weighted by molar-refractivity contribution is -0.116. The first-order valence-corrected chi connectivity index (χ1v) is 22.3. The molecule has 0 atom stereocenters. The standard InChI is InChI=1S/C27H27NO5.C27H29NO3/c29-26(28-25-9-5-4-8-24(25)27(30)31)18-19-10-12-21(13-11-19)33-23-16-14-22(15-17-23)32-20-6-2-1-3-7-20;1-20-7-5-6-10-26(20)28-27(29)19-21-11-13-23(14-12-21)31-25-17-15-24(16-18-25)30-22-8-3-2-4-9-22/h4-5,8-17,20H,1-3,6-7,18H2,(H,28,29)(H,30,31);5-7,10-18,22H,2-4,8-9,19H2,1H3,(H,28,29). The van der Waals surface area contributed by atoms with Crippen molar-refractivity contribution in [2.24, 2.45) is 0 Å². The Morgan fingerprint density at radius 2 is 0.828 bits per heavy atom. The van der Waals surface area contributed by atoms with E-state index in [2.05, 4.69) is 10.6 Å². The molecule has 0 aliphatic heterocycles. The van der Waals surface area contributed by atoms with Gasteiger partial charge in [-0.25, -0.2) is 4.79 Å². The monoisotopic (exact) mass is 860 g/mol. The number of carboxylic acids is 1. The number of anilines is 2. The molecule has 0 spiro atoms. The SMILES string of the molecule is Cc1ccccc1NC(=O)Cc1ccc(Oc2ccc(OC3CCCCC3)cc2)cc1.O=C(Cc1ccc(Oc2ccc(OC3CCCCC3)cc2)cc1)Nc1ccccc1C(=O)O. The Kier molecular flexibility index (Phi) is 16.1. The van der Waals surface area contributed by atoms with Crippen LogP contribution in [0, 0.1) is 6.92 Å². The van der Waals surface area contributed by atoms with Crippen LogP contribution in [0.3, 0.4) is 0 Å². The molecule has 2 fully saturated rings. The molecule has 10 nitrogen and oxygen atoms in total. The summed E-state index contributed by atoms with van der Waals surface area (Å²) in [5.41, 5.74) is 3.98. The average molecular weight is 861 g/mol. The Morgan fingerprint density at radius 3 is 1.25 bits per heavy atom. The number of carboxylic acid groups (broad SMARTS) is 1. The Balaban J connectivity index is 0.000000192. The van der Waals surface area contributed by atoms with Crippen LogP contribution in [0.5, 0.6) is 34.5 Å². The quantitative estimate of drug-likeness (QED) is 0.0930. The molecule has 3 N–H and O–H groups in total. The molecule has 10 heteroatoms. The van der Waals surface area contributed by atoms with E-state index < -0.39 is 5.97 Å². The van der Waals surface area contributed by atoms with Crippen molar-refractivity contribution in [1.82, 2.24) is 0 Å². The molecular formula is C54H56N2O8. The first-order valence-electron chi connectivity index (χ1n) is 22.3. The molecule has 64 heavy (non-hydrogen) atoms. The summed E-state index contributed by atoms with van der Waals surface area (Å²) in [5, 5.41) is 14.9. The molecule has 6 aromatic rings.